The lowest BCUT2D eigenvalue weighted by molar-refractivity contribution is -0.130. The molecule has 1 atom stereocenters. The van der Waals surface area contributed by atoms with Crippen LogP contribution in [0.15, 0.2) is 0 Å². The summed E-state index contributed by atoms with van der Waals surface area (Å²) >= 11 is 4.24. The van der Waals surface area contributed by atoms with Crippen molar-refractivity contribution in [3.63, 3.8) is 0 Å². The molecule has 1 N–H and O–H groups in total. The molecular formula is C14H25I3N2O2. The predicted molar refractivity (Wildman–Crippen MR) is 113 cm³/mol. The van der Waals surface area contributed by atoms with E-state index in [0.717, 1.165) is 39.0 Å². The number of rotatable bonds is 0. The predicted octanol–water partition coefficient (Wildman–Crippen LogP) is 2.74. The number of carbonyl (C=O) groups excluding carboxylic acids is 1. The molecule has 7 heteroatoms. The molecule has 4 nitrogen and oxygen atoms in total. The van der Waals surface area contributed by atoms with Crippen LogP contribution in [0.2, 0.25) is 0 Å². The highest BCUT2D eigenvalue weighted by Gasteiger charge is 2.32. The largest absolute Gasteiger partial charge is 0.392 e. The molecule has 6 rings (SSSR count). The molecule has 0 aromatic rings. The minimum absolute atomic E-state index is 0. The smallest absolute Gasteiger partial charge is 0.149 e. The third kappa shape index (κ3) is 5.95. The van der Waals surface area contributed by atoms with Gasteiger partial charge in [-0.25, -0.2) is 0 Å². The van der Waals surface area contributed by atoms with Crippen molar-refractivity contribution in [1.29, 1.82) is 0 Å². The number of carbonyl (C=O) groups is 1. The van der Waals surface area contributed by atoms with Gasteiger partial charge < -0.3 is 10.0 Å². The molecule has 124 valence electrons. The first-order chi connectivity index (χ1) is 9.72. The van der Waals surface area contributed by atoms with Gasteiger partial charge >= 0.3 is 0 Å². The first-order valence-electron chi connectivity index (χ1n) is 7.52. The zero-order valence-corrected chi connectivity index (χ0v) is 18.9. The van der Waals surface area contributed by atoms with Crippen molar-refractivity contribution in [3.8, 4) is 0 Å². The van der Waals surface area contributed by atoms with E-state index >= 15 is 0 Å². The summed E-state index contributed by atoms with van der Waals surface area (Å²) in [6.45, 7) is 6.45. The lowest BCUT2D eigenvalue weighted by Gasteiger charge is -2.42. The highest BCUT2D eigenvalue weighted by Crippen LogP contribution is 2.27. The molecule has 6 aliphatic rings. The van der Waals surface area contributed by atoms with Crippen molar-refractivity contribution < 1.29 is 9.90 Å². The Morgan fingerprint density at radius 1 is 0.952 bits per heavy atom. The summed E-state index contributed by atoms with van der Waals surface area (Å²) in [7, 11) is 0. The fraction of sp³-hybridized carbons (Fsp3) is 0.929. The average molecular weight is 634 g/mol. The number of fused-ring (bicyclic) bond motifs is 6. The Balaban J connectivity index is 0.000000181. The van der Waals surface area contributed by atoms with Crippen LogP contribution >= 0.6 is 61.2 Å². The van der Waals surface area contributed by atoms with E-state index in [4.69, 9.17) is 0 Å². The molecule has 6 fully saturated rings. The standard InChI is InChI=1S/C7H13NO.C7H11NO.I2.HI/c2*9-7-5-8-3-1-6(7)2-4-8;1-2;/h6-7,9H,1-5H2;6H,1-5H2;;1H/t7-;;;/m0.../s1. The lowest BCUT2D eigenvalue weighted by Crippen LogP contribution is -2.50. The van der Waals surface area contributed by atoms with E-state index in [2.05, 4.69) is 47.0 Å². The summed E-state index contributed by atoms with van der Waals surface area (Å²) in [6, 6.07) is 0. The number of aliphatic hydroxyl groups is 1. The second-order valence-electron chi connectivity index (χ2n) is 6.22. The molecule has 0 spiro atoms. The summed E-state index contributed by atoms with van der Waals surface area (Å²) in [6.07, 6.45) is 4.69. The number of piperidine rings is 6. The fourth-order valence-electron chi connectivity index (χ4n) is 3.70. The van der Waals surface area contributed by atoms with E-state index in [1.54, 1.807) is 0 Å². The molecule has 6 heterocycles. The molecule has 0 aromatic heterocycles. The SMILES string of the molecule is I.II.O=C1CN2CCC1CC2.O[C@H]1CN2CCC1CC2. The van der Waals surface area contributed by atoms with Gasteiger partial charge in [-0.3, -0.25) is 9.69 Å². The molecule has 21 heavy (non-hydrogen) atoms. The van der Waals surface area contributed by atoms with Crippen LogP contribution in [-0.4, -0.2) is 66.1 Å². The first kappa shape index (κ1) is 20.8. The molecule has 0 aliphatic carbocycles. The zero-order valence-electron chi connectivity index (χ0n) is 12.2. The first-order valence-corrected chi connectivity index (χ1v) is 13.8. The van der Waals surface area contributed by atoms with Gasteiger partial charge in [0.25, 0.3) is 0 Å². The van der Waals surface area contributed by atoms with Gasteiger partial charge in [-0.05, 0) is 57.8 Å². The van der Waals surface area contributed by atoms with Gasteiger partial charge in [0.1, 0.15) is 5.78 Å². The Labute approximate surface area is 168 Å². The highest BCUT2D eigenvalue weighted by molar-refractivity contribution is 15.0. The fourth-order valence-corrected chi connectivity index (χ4v) is 3.70. The number of Topliss-reactive ketones (excluding diaryl/α,β-unsaturated/α-hetero) is 1. The number of aliphatic hydroxyl groups excluding tert-OH is 1. The van der Waals surface area contributed by atoms with Gasteiger partial charge in [0.15, 0.2) is 0 Å². The van der Waals surface area contributed by atoms with Crippen LogP contribution < -0.4 is 0 Å². The maximum atomic E-state index is 11.0. The highest BCUT2D eigenvalue weighted by atomic mass is 128. The van der Waals surface area contributed by atoms with Crippen LogP contribution in [-0.2, 0) is 4.79 Å². The minimum Gasteiger partial charge on any atom is -0.392 e. The monoisotopic (exact) mass is 634 g/mol. The van der Waals surface area contributed by atoms with Gasteiger partial charge in [0, 0.05) is 49.7 Å². The Hall–Kier alpha value is 1.74. The van der Waals surface area contributed by atoms with Gasteiger partial charge in [-0.15, -0.1) is 24.0 Å². The zero-order chi connectivity index (χ0) is 14.5. The van der Waals surface area contributed by atoms with E-state index in [1.807, 2.05) is 0 Å². The second kappa shape index (κ2) is 10.6. The topological polar surface area (TPSA) is 43.8 Å². The van der Waals surface area contributed by atoms with Gasteiger partial charge in [0.2, 0.25) is 0 Å². The van der Waals surface area contributed by atoms with E-state index in [0.29, 0.717) is 17.6 Å². The normalized spacial score (nSPS) is 39.4. The maximum absolute atomic E-state index is 11.0. The van der Waals surface area contributed by atoms with Crippen LogP contribution in [0.1, 0.15) is 25.7 Å². The summed E-state index contributed by atoms with van der Waals surface area (Å²) in [5, 5.41) is 9.36. The molecule has 6 saturated heterocycles. The number of ketones is 1. The molecule has 4 bridgehead atoms. The van der Waals surface area contributed by atoms with Gasteiger partial charge in [-0.1, -0.05) is 0 Å². The van der Waals surface area contributed by atoms with Gasteiger partial charge in [-0.2, -0.15) is 0 Å². The second-order valence-corrected chi connectivity index (χ2v) is 6.22. The van der Waals surface area contributed by atoms with Crippen LogP contribution in [0, 0.1) is 11.8 Å². The number of halogens is 3. The Morgan fingerprint density at radius 3 is 1.67 bits per heavy atom. The molecule has 0 saturated carbocycles. The lowest BCUT2D eigenvalue weighted by atomic mass is 9.86. The third-order valence-corrected chi connectivity index (χ3v) is 5.04. The molecule has 0 radical (unpaired) electrons. The Morgan fingerprint density at radius 2 is 1.48 bits per heavy atom. The van der Waals surface area contributed by atoms with E-state index in [9.17, 15) is 9.90 Å². The molecule has 6 aliphatic heterocycles. The Kier molecular flexibility index (Phi) is 10.5. The summed E-state index contributed by atoms with van der Waals surface area (Å²) in [4.78, 5) is 15.6. The number of hydrogen-bond acceptors (Lipinski definition) is 4. The Bertz CT molecular complexity index is 317. The van der Waals surface area contributed by atoms with Crippen LogP contribution in [0.3, 0.4) is 0 Å². The van der Waals surface area contributed by atoms with Crippen molar-refractivity contribution in [1.82, 2.24) is 9.80 Å². The summed E-state index contributed by atoms with van der Waals surface area (Å²) in [5.41, 5.74) is 0. The van der Waals surface area contributed by atoms with Gasteiger partial charge in [0.05, 0.1) is 12.6 Å². The van der Waals surface area contributed by atoms with E-state index in [-0.39, 0.29) is 30.1 Å². The summed E-state index contributed by atoms with van der Waals surface area (Å²) < 4.78 is 0. The molecular weight excluding hydrogens is 609 g/mol. The quantitative estimate of drug-likeness (QED) is 0.417. The van der Waals surface area contributed by atoms with Crippen LogP contribution in [0.5, 0.6) is 0 Å². The minimum atomic E-state index is -0.00694. The van der Waals surface area contributed by atoms with E-state index in [1.165, 1.54) is 25.9 Å². The number of nitrogens with zero attached hydrogens (tertiary/aromatic N) is 2. The maximum Gasteiger partial charge on any atom is 0.149 e. The van der Waals surface area contributed by atoms with Crippen molar-refractivity contribution >= 4 is 67.0 Å². The van der Waals surface area contributed by atoms with Crippen molar-refractivity contribution in [2.45, 2.75) is 31.8 Å². The summed E-state index contributed by atoms with van der Waals surface area (Å²) in [5.74, 6) is 1.55. The average Bonchev–Trinajstić information content (AvgIpc) is 2.52. The van der Waals surface area contributed by atoms with Crippen molar-refractivity contribution in [3.05, 3.63) is 0 Å². The van der Waals surface area contributed by atoms with Crippen LogP contribution in [0.4, 0.5) is 0 Å². The van der Waals surface area contributed by atoms with E-state index < -0.39 is 0 Å². The number of hydrogen-bond donors (Lipinski definition) is 1. The van der Waals surface area contributed by atoms with Crippen molar-refractivity contribution in [2.75, 3.05) is 39.3 Å². The third-order valence-electron chi connectivity index (χ3n) is 5.04. The van der Waals surface area contributed by atoms with Crippen LogP contribution in [0.25, 0.3) is 0 Å². The van der Waals surface area contributed by atoms with Crippen molar-refractivity contribution in [2.24, 2.45) is 11.8 Å². The molecule has 0 unspecified atom stereocenters. The molecule has 0 aromatic carbocycles. The molecule has 0 amide bonds.